The molecule has 0 saturated carbocycles. The lowest BCUT2D eigenvalue weighted by Gasteiger charge is -2.03. The second kappa shape index (κ2) is 3.22. The molecule has 6 heteroatoms. The largest absolute Gasteiger partial charge is 0.492 e. The molecule has 0 aliphatic heterocycles. The van der Waals surface area contributed by atoms with Gasteiger partial charge in [-0.25, -0.2) is 4.98 Å². The molecule has 0 radical (unpaired) electrons. The van der Waals surface area contributed by atoms with Crippen molar-refractivity contribution in [1.29, 1.82) is 0 Å². The number of aromatic hydroxyl groups is 1. The van der Waals surface area contributed by atoms with Crippen molar-refractivity contribution in [2.45, 2.75) is 12.5 Å². The number of carbonyl (C=O) groups is 1. The van der Waals surface area contributed by atoms with Gasteiger partial charge in [-0.05, 0) is 0 Å². The van der Waals surface area contributed by atoms with Crippen molar-refractivity contribution in [1.82, 2.24) is 9.97 Å². The molecule has 66 valence electrons. The number of rotatable bonds is 3. The third-order valence-corrected chi connectivity index (χ3v) is 1.44. The van der Waals surface area contributed by atoms with Crippen molar-refractivity contribution in [2.75, 3.05) is 0 Å². The van der Waals surface area contributed by atoms with E-state index in [1.807, 2.05) is 0 Å². The number of carboxylic acid groups (broad SMARTS) is 1. The highest BCUT2D eigenvalue weighted by molar-refractivity contribution is 5.73. The first-order valence-electron chi connectivity index (χ1n) is 3.31. The Hall–Kier alpha value is -1.56. The Morgan fingerprint density at radius 3 is 2.92 bits per heavy atom. The fourth-order valence-electron chi connectivity index (χ4n) is 0.771. The van der Waals surface area contributed by atoms with E-state index in [1.165, 1.54) is 6.33 Å². The fraction of sp³-hybridized carbons (Fsp3) is 0.333. The number of carboxylic acids is 1. The minimum absolute atomic E-state index is 0.0428. The summed E-state index contributed by atoms with van der Waals surface area (Å²) >= 11 is 0. The van der Waals surface area contributed by atoms with Gasteiger partial charge in [0.15, 0.2) is 0 Å². The van der Waals surface area contributed by atoms with Crippen LogP contribution in [-0.4, -0.2) is 32.2 Å². The molecule has 1 rings (SSSR count). The van der Waals surface area contributed by atoms with Crippen LogP contribution in [0.1, 0.15) is 5.69 Å². The molecule has 0 amide bonds. The topological polar surface area (TPSA) is 112 Å². The molecule has 12 heavy (non-hydrogen) atoms. The molecule has 0 aliphatic rings. The summed E-state index contributed by atoms with van der Waals surface area (Å²) in [6, 6.07) is -1.02. The summed E-state index contributed by atoms with van der Waals surface area (Å²) in [4.78, 5) is 16.4. The summed E-state index contributed by atoms with van der Waals surface area (Å²) < 4.78 is 0. The Bertz CT molecular complexity index is 283. The molecule has 0 aliphatic carbocycles. The van der Waals surface area contributed by atoms with E-state index in [1.54, 1.807) is 0 Å². The maximum Gasteiger partial charge on any atom is 0.320 e. The first-order valence-corrected chi connectivity index (χ1v) is 3.31. The first kappa shape index (κ1) is 8.54. The molecule has 1 aromatic rings. The van der Waals surface area contributed by atoms with Gasteiger partial charge < -0.3 is 20.9 Å². The predicted molar refractivity (Wildman–Crippen MR) is 39.6 cm³/mol. The molecule has 5 N–H and O–H groups in total. The van der Waals surface area contributed by atoms with Crippen molar-refractivity contribution in [3.63, 3.8) is 0 Å². The average molecular weight is 171 g/mol. The van der Waals surface area contributed by atoms with Crippen molar-refractivity contribution >= 4 is 5.97 Å². The zero-order chi connectivity index (χ0) is 9.14. The molecule has 6 nitrogen and oxygen atoms in total. The van der Waals surface area contributed by atoms with Gasteiger partial charge in [-0.3, -0.25) is 4.79 Å². The average Bonchev–Trinajstić information content (AvgIpc) is 2.36. The number of aromatic nitrogens is 2. The van der Waals surface area contributed by atoms with Gasteiger partial charge in [-0.1, -0.05) is 0 Å². The van der Waals surface area contributed by atoms with E-state index in [0.717, 1.165) is 0 Å². The Kier molecular flexibility index (Phi) is 2.29. The van der Waals surface area contributed by atoms with Crippen LogP contribution >= 0.6 is 0 Å². The monoisotopic (exact) mass is 171 g/mol. The van der Waals surface area contributed by atoms with Gasteiger partial charge in [-0.15, -0.1) is 0 Å². The quantitative estimate of drug-likeness (QED) is 0.469. The van der Waals surface area contributed by atoms with Crippen molar-refractivity contribution in [3.8, 4) is 5.88 Å². The number of aliphatic carboxylic acids is 1. The van der Waals surface area contributed by atoms with Crippen LogP contribution in [0.25, 0.3) is 0 Å². The smallest absolute Gasteiger partial charge is 0.320 e. The lowest BCUT2D eigenvalue weighted by molar-refractivity contribution is -0.138. The Labute approximate surface area is 68.0 Å². The molecule has 1 atom stereocenters. The van der Waals surface area contributed by atoms with Gasteiger partial charge in [-0.2, -0.15) is 0 Å². The number of nitrogens with one attached hydrogen (secondary N) is 1. The molecule has 1 unspecified atom stereocenters. The summed E-state index contributed by atoms with van der Waals surface area (Å²) in [5.74, 6) is -1.31. The molecular weight excluding hydrogens is 162 g/mol. The van der Waals surface area contributed by atoms with Gasteiger partial charge >= 0.3 is 5.97 Å². The molecule has 0 fully saturated rings. The van der Waals surface area contributed by atoms with Crippen molar-refractivity contribution < 1.29 is 15.0 Å². The first-order chi connectivity index (χ1) is 5.61. The highest BCUT2D eigenvalue weighted by Gasteiger charge is 2.15. The van der Waals surface area contributed by atoms with Crippen LogP contribution in [0.5, 0.6) is 5.88 Å². The Balaban J connectivity index is 2.64. The summed E-state index contributed by atoms with van der Waals surface area (Å²) in [5.41, 5.74) is 5.56. The van der Waals surface area contributed by atoms with Gasteiger partial charge in [0.25, 0.3) is 0 Å². The summed E-state index contributed by atoms with van der Waals surface area (Å²) in [6.45, 7) is 0. The van der Waals surface area contributed by atoms with E-state index >= 15 is 0 Å². The van der Waals surface area contributed by atoms with Crippen LogP contribution in [-0.2, 0) is 11.2 Å². The molecule has 0 bridgehead atoms. The Morgan fingerprint density at radius 2 is 2.50 bits per heavy atom. The predicted octanol–water partition coefficient (Wildman–Crippen LogP) is -0.930. The number of nitrogens with zero attached hydrogens (tertiary/aromatic N) is 1. The Morgan fingerprint density at radius 1 is 1.83 bits per heavy atom. The molecule has 0 spiro atoms. The SMILES string of the molecule is NC(Cc1[nH]cnc1O)C(=O)O. The number of H-pyrrole nitrogens is 1. The van der Waals surface area contributed by atoms with Gasteiger partial charge in [0.1, 0.15) is 6.04 Å². The number of nitrogens with two attached hydrogens (primary N) is 1. The van der Waals surface area contributed by atoms with Gasteiger partial charge in [0, 0.05) is 6.42 Å². The third-order valence-electron chi connectivity index (χ3n) is 1.44. The van der Waals surface area contributed by atoms with Gasteiger partial charge in [0.2, 0.25) is 5.88 Å². The van der Waals surface area contributed by atoms with Crippen LogP contribution in [0.3, 0.4) is 0 Å². The lowest BCUT2D eigenvalue weighted by Crippen LogP contribution is -2.32. The molecule has 0 aromatic carbocycles. The minimum Gasteiger partial charge on any atom is -0.492 e. The van der Waals surface area contributed by atoms with Crippen LogP contribution in [0.15, 0.2) is 6.33 Å². The number of hydrogen-bond donors (Lipinski definition) is 4. The standard InChI is InChI=1S/C6H9N3O3/c7-3(6(11)12)1-4-5(10)9-2-8-4/h2-3,10H,1,7H2,(H,8,9)(H,11,12). The highest BCUT2D eigenvalue weighted by atomic mass is 16.4. The van der Waals surface area contributed by atoms with E-state index in [-0.39, 0.29) is 12.3 Å². The van der Waals surface area contributed by atoms with E-state index in [2.05, 4.69) is 9.97 Å². The van der Waals surface area contributed by atoms with Crippen molar-refractivity contribution in [2.24, 2.45) is 5.73 Å². The second-order valence-electron chi connectivity index (χ2n) is 2.35. The van der Waals surface area contributed by atoms with Crippen LogP contribution in [0.4, 0.5) is 0 Å². The number of aromatic amines is 1. The zero-order valence-electron chi connectivity index (χ0n) is 6.19. The van der Waals surface area contributed by atoms with Crippen LogP contribution < -0.4 is 5.73 Å². The second-order valence-corrected chi connectivity index (χ2v) is 2.35. The maximum absolute atomic E-state index is 10.3. The molecule has 0 saturated heterocycles. The lowest BCUT2D eigenvalue weighted by atomic mass is 10.2. The summed E-state index contributed by atoms with van der Waals surface area (Å²) in [7, 11) is 0. The zero-order valence-corrected chi connectivity index (χ0v) is 6.19. The number of hydrogen-bond acceptors (Lipinski definition) is 4. The molecule has 1 aromatic heterocycles. The van der Waals surface area contributed by atoms with Gasteiger partial charge in [0.05, 0.1) is 12.0 Å². The molecular formula is C6H9N3O3. The summed E-state index contributed by atoms with van der Waals surface area (Å²) in [5, 5.41) is 17.4. The van der Waals surface area contributed by atoms with E-state index < -0.39 is 12.0 Å². The van der Waals surface area contributed by atoms with E-state index in [0.29, 0.717) is 5.69 Å². The fourth-order valence-corrected chi connectivity index (χ4v) is 0.771. The maximum atomic E-state index is 10.3. The third kappa shape index (κ3) is 1.73. The van der Waals surface area contributed by atoms with Crippen LogP contribution in [0, 0.1) is 0 Å². The molecule has 1 heterocycles. The number of imidazole rings is 1. The minimum atomic E-state index is -1.11. The summed E-state index contributed by atoms with van der Waals surface area (Å²) in [6.07, 6.45) is 1.32. The van der Waals surface area contributed by atoms with E-state index in [4.69, 9.17) is 15.9 Å². The normalized spacial score (nSPS) is 12.8. The highest BCUT2D eigenvalue weighted by Crippen LogP contribution is 2.10. The van der Waals surface area contributed by atoms with Crippen molar-refractivity contribution in [3.05, 3.63) is 12.0 Å². The van der Waals surface area contributed by atoms with Crippen LogP contribution in [0.2, 0.25) is 0 Å². The van der Waals surface area contributed by atoms with E-state index in [9.17, 15) is 4.79 Å².